The van der Waals surface area contributed by atoms with E-state index in [1.807, 2.05) is 6.92 Å². The Kier molecular flexibility index (Phi) is 3.81. The Labute approximate surface area is 106 Å². The quantitative estimate of drug-likeness (QED) is 0.651. The zero-order valence-corrected chi connectivity index (χ0v) is 10.8. The predicted octanol–water partition coefficient (Wildman–Crippen LogP) is 1.57. The number of hydrogen-bond acceptors (Lipinski definition) is 5. The van der Waals surface area contributed by atoms with Gasteiger partial charge in [-0.15, -0.1) is 0 Å². The first-order valence-electron chi connectivity index (χ1n) is 6.26. The highest BCUT2D eigenvalue weighted by atomic mass is 16.6. The zero-order valence-electron chi connectivity index (χ0n) is 10.8. The van der Waals surface area contributed by atoms with Crippen LogP contribution in [0.5, 0.6) is 0 Å². The van der Waals surface area contributed by atoms with Crippen LogP contribution in [0.25, 0.3) is 0 Å². The Morgan fingerprint density at radius 2 is 2.11 bits per heavy atom. The molecule has 100 valence electrons. The summed E-state index contributed by atoms with van der Waals surface area (Å²) in [7, 11) is 1.76. The SMILES string of the molecule is CC(Nc1c([N+](=O)[O-])ncn1C)N1CCCCC1. The van der Waals surface area contributed by atoms with Crippen LogP contribution in [0.15, 0.2) is 6.33 Å². The van der Waals surface area contributed by atoms with E-state index in [-0.39, 0.29) is 12.0 Å². The molecule has 1 fully saturated rings. The van der Waals surface area contributed by atoms with E-state index < -0.39 is 4.92 Å². The molecule has 1 aromatic heterocycles. The molecule has 0 saturated carbocycles. The van der Waals surface area contributed by atoms with E-state index in [2.05, 4.69) is 15.2 Å². The van der Waals surface area contributed by atoms with Gasteiger partial charge < -0.3 is 15.4 Å². The minimum Gasteiger partial charge on any atom is -0.358 e. The summed E-state index contributed by atoms with van der Waals surface area (Å²) < 4.78 is 1.65. The molecule has 2 rings (SSSR count). The summed E-state index contributed by atoms with van der Waals surface area (Å²) in [5.74, 6) is 0.361. The predicted molar refractivity (Wildman–Crippen MR) is 68.4 cm³/mol. The van der Waals surface area contributed by atoms with Crippen molar-refractivity contribution in [3.05, 3.63) is 16.4 Å². The largest absolute Gasteiger partial charge is 0.406 e. The Morgan fingerprint density at radius 1 is 1.44 bits per heavy atom. The van der Waals surface area contributed by atoms with Crippen molar-refractivity contribution < 1.29 is 4.92 Å². The van der Waals surface area contributed by atoms with E-state index in [0.29, 0.717) is 5.82 Å². The van der Waals surface area contributed by atoms with E-state index in [1.165, 1.54) is 25.6 Å². The van der Waals surface area contributed by atoms with Crippen LogP contribution >= 0.6 is 0 Å². The number of aromatic nitrogens is 2. The number of nitrogens with one attached hydrogen (secondary N) is 1. The van der Waals surface area contributed by atoms with Gasteiger partial charge in [-0.05, 0) is 29.7 Å². The van der Waals surface area contributed by atoms with Crippen molar-refractivity contribution in [2.24, 2.45) is 7.05 Å². The third kappa shape index (κ3) is 2.61. The fourth-order valence-electron chi connectivity index (χ4n) is 2.31. The molecule has 1 aliphatic heterocycles. The number of rotatable bonds is 4. The number of nitro groups is 1. The van der Waals surface area contributed by atoms with Crippen LogP contribution in [-0.4, -0.2) is 38.6 Å². The summed E-state index contributed by atoms with van der Waals surface area (Å²) in [6.07, 6.45) is 5.21. The van der Waals surface area contributed by atoms with Crippen molar-refractivity contribution in [3.8, 4) is 0 Å². The number of hydrogen-bond donors (Lipinski definition) is 1. The average Bonchev–Trinajstić information content (AvgIpc) is 2.72. The van der Waals surface area contributed by atoms with Crippen LogP contribution in [0, 0.1) is 10.1 Å². The Hall–Kier alpha value is -1.63. The van der Waals surface area contributed by atoms with Gasteiger partial charge >= 0.3 is 5.82 Å². The zero-order chi connectivity index (χ0) is 13.1. The van der Waals surface area contributed by atoms with Gasteiger partial charge in [0.15, 0.2) is 0 Å². The molecule has 0 bridgehead atoms. The lowest BCUT2D eigenvalue weighted by Crippen LogP contribution is -2.42. The van der Waals surface area contributed by atoms with E-state index >= 15 is 0 Å². The molecule has 1 saturated heterocycles. The van der Waals surface area contributed by atoms with Crippen LogP contribution in [0.1, 0.15) is 26.2 Å². The fourth-order valence-corrected chi connectivity index (χ4v) is 2.31. The Balaban J connectivity index is 2.08. The van der Waals surface area contributed by atoms with Crippen molar-refractivity contribution in [2.45, 2.75) is 32.4 Å². The minimum atomic E-state index is -0.453. The second-order valence-electron chi connectivity index (χ2n) is 4.70. The van der Waals surface area contributed by atoms with E-state index in [9.17, 15) is 10.1 Å². The number of nitrogens with zero attached hydrogens (tertiary/aromatic N) is 4. The molecule has 1 unspecified atom stereocenters. The molecular weight excluding hydrogens is 234 g/mol. The maximum Gasteiger partial charge on any atom is 0.406 e. The van der Waals surface area contributed by atoms with Gasteiger partial charge in [-0.2, -0.15) is 0 Å². The summed E-state index contributed by atoms with van der Waals surface area (Å²) in [6, 6.07) is 0. The molecule has 0 aromatic carbocycles. The van der Waals surface area contributed by atoms with Gasteiger partial charge in [0.2, 0.25) is 12.1 Å². The van der Waals surface area contributed by atoms with Crippen LogP contribution in [0.2, 0.25) is 0 Å². The molecule has 0 amide bonds. The highest BCUT2D eigenvalue weighted by Crippen LogP contribution is 2.23. The molecular formula is C11H19N5O2. The van der Waals surface area contributed by atoms with E-state index in [0.717, 1.165) is 13.1 Å². The van der Waals surface area contributed by atoms with Gasteiger partial charge in [0.1, 0.15) is 0 Å². The molecule has 0 aliphatic carbocycles. The maximum absolute atomic E-state index is 10.9. The van der Waals surface area contributed by atoms with Crippen LogP contribution in [0.4, 0.5) is 11.6 Å². The van der Waals surface area contributed by atoms with Gasteiger partial charge in [0.25, 0.3) is 0 Å². The van der Waals surface area contributed by atoms with Crippen molar-refractivity contribution in [3.63, 3.8) is 0 Å². The van der Waals surface area contributed by atoms with E-state index in [4.69, 9.17) is 0 Å². The molecule has 7 nitrogen and oxygen atoms in total. The summed E-state index contributed by atoms with van der Waals surface area (Å²) in [6.45, 7) is 4.11. The molecule has 1 atom stereocenters. The monoisotopic (exact) mass is 253 g/mol. The number of piperidine rings is 1. The lowest BCUT2D eigenvalue weighted by Gasteiger charge is -2.32. The molecule has 0 radical (unpaired) electrons. The summed E-state index contributed by atoms with van der Waals surface area (Å²) >= 11 is 0. The lowest BCUT2D eigenvalue weighted by molar-refractivity contribution is -0.388. The van der Waals surface area contributed by atoms with Gasteiger partial charge in [-0.1, -0.05) is 6.42 Å². The van der Waals surface area contributed by atoms with Gasteiger partial charge in [0.05, 0.1) is 6.17 Å². The van der Waals surface area contributed by atoms with Crippen molar-refractivity contribution in [1.82, 2.24) is 14.5 Å². The van der Waals surface area contributed by atoms with Crippen molar-refractivity contribution >= 4 is 11.6 Å². The second-order valence-corrected chi connectivity index (χ2v) is 4.70. The summed E-state index contributed by atoms with van der Waals surface area (Å²) in [5.41, 5.74) is 0. The third-order valence-corrected chi connectivity index (χ3v) is 3.37. The highest BCUT2D eigenvalue weighted by Gasteiger charge is 2.24. The first-order valence-corrected chi connectivity index (χ1v) is 6.26. The standard InChI is InChI=1S/C11H19N5O2/c1-9(15-6-4-3-5-7-15)13-11-10(16(17)18)12-8-14(11)2/h8-9,13H,3-7H2,1-2H3. The molecule has 1 aliphatic rings. The average molecular weight is 253 g/mol. The van der Waals surface area contributed by atoms with Gasteiger partial charge in [-0.3, -0.25) is 9.47 Å². The normalized spacial score (nSPS) is 18.6. The van der Waals surface area contributed by atoms with Crippen molar-refractivity contribution in [2.75, 3.05) is 18.4 Å². The summed E-state index contributed by atoms with van der Waals surface area (Å²) in [4.78, 5) is 16.5. The van der Waals surface area contributed by atoms with Crippen LogP contribution < -0.4 is 5.32 Å². The van der Waals surface area contributed by atoms with E-state index in [1.54, 1.807) is 11.6 Å². The molecule has 1 N–H and O–H groups in total. The molecule has 7 heteroatoms. The smallest absolute Gasteiger partial charge is 0.358 e. The Bertz CT molecular complexity index is 425. The van der Waals surface area contributed by atoms with Crippen molar-refractivity contribution in [1.29, 1.82) is 0 Å². The molecule has 0 spiro atoms. The number of imidazole rings is 1. The topological polar surface area (TPSA) is 76.2 Å². The Morgan fingerprint density at radius 3 is 2.72 bits per heavy atom. The first-order chi connectivity index (χ1) is 8.59. The van der Waals surface area contributed by atoms with Crippen LogP contribution in [0.3, 0.4) is 0 Å². The van der Waals surface area contributed by atoms with Crippen LogP contribution in [-0.2, 0) is 7.05 Å². The maximum atomic E-state index is 10.9. The molecule has 2 heterocycles. The molecule has 18 heavy (non-hydrogen) atoms. The van der Waals surface area contributed by atoms with Gasteiger partial charge in [0, 0.05) is 20.1 Å². The minimum absolute atomic E-state index is 0.0828. The second kappa shape index (κ2) is 5.34. The number of aryl methyl sites for hydroxylation is 1. The number of anilines is 1. The third-order valence-electron chi connectivity index (χ3n) is 3.37. The highest BCUT2D eigenvalue weighted by molar-refractivity contribution is 5.52. The lowest BCUT2D eigenvalue weighted by atomic mass is 10.1. The summed E-state index contributed by atoms with van der Waals surface area (Å²) in [5, 5.41) is 14.1. The molecule has 1 aromatic rings. The first kappa shape index (κ1) is 12.8. The fraction of sp³-hybridized carbons (Fsp3) is 0.727. The number of likely N-dealkylation sites (tertiary alicyclic amines) is 1. The van der Waals surface area contributed by atoms with Gasteiger partial charge in [-0.25, -0.2) is 0 Å².